The largest absolute Gasteiger partial charge is 0.470 e. The summed E-state index contributed by atoms with van der Waals surface area (Å²) in [4.78, 5) is 15.7. The number of fused-ring (bicyclic) bond motifs is 1. The van der Waals surface area contributed by atoms with Crippen molar-refractivity contribution in [3.8, 4) is 29.0 Å². The predicted octanol–water partition coefficient (Wildman–Crippen LogP) is 4.39. The molecule has 2 aromatic heterocycles. The summed E-state index contributed by atoms with van der Waals surface area (Å²) in [6.07, 6.45) is 4.53. The molecule has 0 unspecified atom stereocenters. The second kappa shape index (κ2) is 9.21. The minimum Gasteiger partial charge on any atom is -0.470 e. The molecule has 3 aromatic rings. The number of hydrogen-bond acceptors (Lipinski definition) is 6. The van der Waals surface area contributed by atoms with Gasteiger partial charge >= 0.3 is 0 Å². The summed E-state index contributed by atoms with van der Waals surface area (Å²) in [5, 5.41) is 0. The first-order valence-electron chi connectivity index (χ1n) is 11.2. The van der Waals surface area contributed by atoms with Gasteiger partial charge in [0.1, 0.15) is 12.3 Å². The molecule has 0 saturated heterocycles. The molecule has 0 aliphatic carbocycles. The fourth-order valence-corrected chi connectivity index (χ4v) is 3.87. The number of rotatable bonds is 4. The lowest BCUT2D eigenvalue weighted by molar-refractivity contribution is 0.295. The smallest absolute Gasteiger partial charge is 0.258 e. The standard InChI is InChI=1S/C27H31N5O/c1-18-12-20(14-21-16-32(5)11-8-23(18)21)24-15-30-25(28)26(31-24)33-17-19-7-10-29-22(13-19)6-9-27(2,3)4/h7,10,12-15H,8,11,16-17H2,1-5H3,(H2,28,30). The van der Waals surface area contributed by atoms with Gasteiger partial charge in [0.15, 0.2) is 5.82 Å². The minimum absolute atomic E-state index is 0.0802. The number of nitrogens with zero attached hydrogens (tertiary/aromatic N) is 4. The second-order valence-corrected chi connectivity index (χ2v) is 9.70. The highest BCUT2D eigenvalue weighted by Crippen LogP contribution is 2.30. The van der Waals surface area contributed by atoms with Gasteiger partial charge in [-0.1, -0.05) is 5.92 Å². The van der Waals surface area contributed by atoms with Crippen LogP contribution in [-0.4, -0.2) is 33.4 Å². The quantitative estimate of drug-likeness (QED) is 0.605. The number of pyridine rings is 1. The van der Waals surface area contributed by atoms with Crippen molar-refractivity contribution in [3.05, 3.63) is 64.6 Å². The van der Waals surface area contributed by atoms with E-state index in [-0.39, 0.29) is 11.2 Å². The summed E-state index contributed by atoms with van der Waals surface area (Å²) in [5.41, 5.74) is 13.5. The van der Waals surface area contributed by atoms with Gasteiger partial charge in [-0.05, 0) is 93.6 Å². The zero-order valence-corrected chi connectivity index (χ0v) is 20.1. The summed E-state index contributed by atoms with van der Waals surface area (Å²) in [7, 11) is 2.15. The average molecular weight is 442 g/mol. The Hall–Kier alpha value is -3.43. The molecule has 2 N–H and O–H groups in total. The topological polar surface area (TPSA) is 77.2 Å². The van der Waals surface area contributed by atoms with Crippen LogP contribution in [0, 0.1) is 24.2 Å². The molecular weight excluding hydrogens is 410 g/mol. The van der Waals surface area contributed by atoms with Crippen molar-refractivity contribution in [3.63, 3.8) is 0 Å². The van der Waals surface area contributed by atoms with Gasteiger partial charge in [0.2, 0.25) is 0 Å². The Morgan fingerprint density at radius 2 is 2.00 bits per heavy atom. The maximum atomic E-state index is 6.08. The number of aromatic nitrogens is 3. The molecule has 3 heterocycles. The number of nitrogens with two attached hydrogens (primary N) is 1. The van der Waals surface area contributed by atoms with Crippen molar-refractivity contribution >= 4 is 5.82 Å². The molecule has 4 rings (SSSR count). The van der Waals surface area contributed by atoms with Crippen molar-refractivity contribution < 1.29 is 4.74 Å². The average Bonchev–Trinajstić information content (AvgIpc) is 2.76. The predicted molar refractivity (Wildman–Crippen MR) is 132 cm³/mol. The zero-order valence-electron chi connectivity index (χ0n) is 20.1. The van der Waals surface area contributed by atoms with Gasteiger partial charge < -0.3 is 15.4 Å². The van der Waals surface area contributed by atoms with Crippen molar-refractivity contribution in [2.45, 2.75) is 47.3 Å². The molecule has 1 aliphatic rings. The Morgan fingerprint density at radius 1 is 1.18 bits per heavy atom. The van der Waals surface area contributed by atoms with Gasteiger partial charge in [-0.3, -0.25) is 0 Å². The maximum Gasteiger partial charge on any atom is 0.258 e. The van der Waals surface area contributed by atoms with Crippen molar-refractivity contribution in [1.82, 2.24) is 19.9 Å². The van der Waals surface area contributed by atoms with Crippen LogP contribution < -0.4 is 10.5 Å². The number of nitrogen functional groups attached to an aromatic ring is 1. The Morgan fingerprint density at radius 3 is 2.79 bits per heavy atom. The fourth-order valence-electron chi connectivity index (χ4n) is 3.87. The zero-order chi connectivity index (χ0) is 23.6. The summed E-state index contributed by atoms with van der Waals surface area (Å²) in [6, 6.07) is 8.22. The Bertz CT molecular complexity index is 1230. The van der Waals surface area contributed by atoms with Crippen molar-refractivity contribution in [2.24, 2.45) is 5.41 Å². The van der Waals surface area contributed by atoms with E-state index in [1.807, 2.05) is 12.1 Å². The molecule has 6 heteroatoms. The third-order valence-corrected chi connectivity index (χ3v) is 5.58. The molecular formula is C27H31N5O. The number of likely N-dealkylation sites (N-methyl/N-ethyl adjacent to an activating group) is 1. The molecule has 33 heavy (non-hydrogen) atoms. The number of benzene rings is 1. The van der Waals surface area contributed by atoms with Crippen LogP contribution in [0.2, 0.25) is 0 Å². The molecule has 0 bridgehead atoms. The Labute approximate surface area is 196 Å². The fraction of sp³-hybridized carbons (Fsp3) is 0.370. The highest BCUT2D eigenvalue weighted by atomic mass is 16.5. The SMILES string of the molecule is Cc1cc(-c2cnc(N)c(OCc3ccnc(C#CC(C)(C)C)c3)n2)cc2c1CCN(C)C2. The lowest BCUT2D eigenvalue weighted by Gasteiger charge is -2.27. The van der Waals surface area contributed by atoms with Gasteiger partial charge in [0.25, 0.3) is 5.88 Å². The third-order valence-electron chi connectivity index (χ3n) is 5.58. The van der Waals surface area contributed by atoms with Crippen LogP contribution in [0.25, 0.3) is 11.3 Å². The van der Waals surface area contributed by atoms with Crippen LogP contribution >= 0.6 is 0 Å². The second-order valence-electron chi connectivity index (χ2n) is 9.70. The highest BCUT2D eigenvalue weighted by Gasteiger charge is 2.17. The van der Waals surface area contributed by atoms with E-state index in [1.165, 1.54) is 16.7 Å². The summed E-state index contributed by atoms with van der Waals surface area (Å²) in [6.45, 7) is 10.7. The van der Waals surface area contributed by atoms with Crippen LogP contribution in [0.1, 0.15) is 48.7 Å². The van der Waals surface area contributed by atoms with Crippen molar-refractivity contribution in [1.29, 1.82) is 0 Å². The van der Waals surface area contributed by atoms with E-state index in [4.69, 9.17) is 15.5 Å². The molecule has 6 nitrogen and oxygen atoms in total. The summed E-state index contributed by atoms with van der Waals surface area (Å²) >= 11 is 0. The highest BCUT2D eigenvalue weighted by molar-refractivity contribution is 5.64. The molecule has 0 saturated carbocycles. The number of anilines is 1. The van der Waals surface area contributed by atoms with Crippen LogP contribution in [0.3, 0.4) is 0 Å². The minimum atomic E-state index is -0.0802. The first-order valence-corrected chi connectivity index (χ1v) is 11.2. The number of hydrogen-bond donors (Lipinski definition) is 1. The van der Waals surface area contributed by atoms with E-state index in [9.17, 15) is 0 Å². The molecule has 1 aliphatic heterocycles. The van der Waals surface area contributed by atoms with E-state index in [2.05, 4.69) is 73.6 Å². The first kappa shape index (κ1) is 22.8. The van der Waals surface area contributed by atoms with E-state index < -0.39 is 0 Å². The van der Waals surface area contributed by atoms with E-state index in [0.717, 1.165) is 36.3 Å². The Kier molecular flexibility index (Phi) is 6.35. The van der Waals surface area contributed by atoms with Gasteiger partial charge in [-0.15, -0.1) is 0 Å². The number of aryl methyl sites for hydroxylation is 1. The molecule has 0 atom stereocenters. The van der Waals surface area contributed by atoms with Gasteiger partial charge in [0, 0.05) is 30.3 Å². The first-order chi connectivity index (χ1) is 15.7. The molecule has 0 radical (unpaired) electrons. The van der Waals surface area contributed by atoms with Crippen LogP contribution in [0.15, 0.2) is 36.7 Å². The summed E-state index contributed by atoms with van der Waals surface area (Å²) < 4.78 is 5.96. The van der Waals surface area contributed by atoms with E-state index >= 15 is 0 Å². The van der Waals surface area contributed by atoms with Crippen molar-refractivity contribution in [2.75, 3.05) is 19.3 Å². The maximum absolute atomic E-state index is 6.08. The van der Waals surface area contributed by atoms with E-state index in [0.29, 0.717) is 18.2 Å². The Balaban J connectivity index is 1.55. The molecule has 0 spiro atoms. The molecule has 0 amide bonds. The van der Waals surface area contributed by atoms with Crippen LogP contribution in [0.4, 0.5) is 5.82 Å². The van der Waals surface area contributed by atoms with Crippen LogP contribution in [0.5, 0.6) is 5.88 Å². The monoisotopic (exact) mass is 441 g/mol. The molecule has 170 valence electrons. The lowest BCUT2D eigenvalue weighted by atomic mass is 9.92. The normalized spacial score (nSPS) is 13.7. The molecule has 0 fully saturated rings. The van der Waals surface area contributed by atoms with E-state index in [1.54, 1.807) is 12.4 Å². The third kappa shape index (κ3) is 5.68. The number of ether oxygens (including phenoxy) is 1. The summed E-state index contributed by atoms with van der Waals surface area (Å²) in [5.74, 6) is 6.94. The van der Waals surface area contributed by atoms with Gasteiger partial charge in [0.05, 0.1) is 11.9 Å². The van der Waals surface area contributed by atoms with Gasteiger partial charge in [-0.25, -0.2) is 15.0 Å². The van der Waals surface area contributed by atoms with Gasteiger partial charge in [-0.2, -0.15) is 0 Å². The lowest BCUT2D eigenvalue weighted by Crippen LogP contribution is -2.27. The van der Waals surface area contributed by atoms with Crippen LogP contribution in [-0.2, 0) is 19.6 Å². The molecule has 1 aromatic carbocycles.